The number of piperazine rings is 1. The van der Waals surface area contributed by atoms with E-state index in [0.717, 1.165) is 6.54 Å². The van der Waals surface area contributed by atoms with Gasteiger partial charge in [0.25, 0.3) is 0 Å². The molecule has 1 amide bonds. The number of methoxy groups -OCH3 is 1. The zero-order chi connectivity index (χ0) is 12.3. The van der Waals surface area contributed by atoms with E-state index in [1.54, 1.807) is 23.4 Å². The van der Waals surface area contributed by atoms with Crippen LogP contribution in [0.4, 0.5) is 4.79 Å². The fourth-order valence-electron chi connectivity index (χ4n) is 2.04. The molecule has 0 saturated carbocycles. The van der Waals surface area contributed by atoms with Crippen LogP contribution >= 0.6 is 0 Å². The predicted octanol–water partition coefficient (Wildman–Crippen LogP) is 0.578. The number of nitrogens with one attached hydrogen (secondary N) is 1. The van der Waals surface area contributed by atoms with Crippen LogP contribution in [-0.2, 0) is 4.74 Å². The van der Waals surface area contributed by atoms with Crippen LogP contribution in [0.1, 0.15) is 18.8 Å². The largest absolute Gasteiger partial charge is 0.453 e. The molecule has 2 unspecified atom stereocenters. The van der Waals surface area contributed by atoms with Gasteiger partial charge < -0.3 is 10.1 Å². The Morgan fingerprint density at radius 2 is 2.18 bits per heavy atom. The molecule has 6 nitrogen and oxygen atoms in total. The van der Waals surface area contributed by atoms with Crippen molar-refractivity contribution in [3.63, 3.8) is 0 Å². The monoisotopic (exact) mass is 236 g/mol. The van der Waals surface area contributed by atoms with Gasteiger partial charge in [0.1, 0.15) is 6.04 Å². The Labute approximate surface area is 100 Å². The van der Waals surface area contributed by atoms with Crippen molar-refractivity contribution in [1.29, 1.82) is 0 Å². The molecule has 2 heterocycles. The van der Waals surface area contributed by atoms with Crippen molar-refractivity contribution in [2.75, 3.05) is 20.2 Å². The molecule has 17 heavy (non-hydrogen) atoms. The molecule has 0 spiro atoms. The Morgan fingerprint density at radius 1 is 1.47 bits per heavy atom. The number of carbonyl (C=O) groups excluding carboxylic acids is 1. The van der Waals surface area contributed by atoms with Crippen LogP contribution in [0.2, 0.25) is 0 Å². The topological polar surface area (TPSA) is 67.3 Å². The highest BCUT2D eigenvalue weighted by molar-refractivity contribution is 5.68. The Kier molecular flexibility index (Phi) is 3.53. The quantitative estimate of drug-likeness (QED) is 0.772. The van der Waals surface area contributed by atoms with Gasteiger partial charge in [0.05, 0.1) is 7.11 Å². The number of hydrogen-bond acceptors (Lipinski definition) is 5. The zero-order valence-corrected chi connectivity index (χ0v) is 9.96. The van der Waals surface area contributed by atoms with Crippen LogP contribution in [-0.4, -0.2) is 47.2 Å². The second-order valence-electron chi connectivity index (χ2n) is 4.01. The summed E-state index contributed by atoms with van der Waals surface area (Å²) < 4.78 is 4.82. The molecular formula is C11H16N4O2. The molecule has 92 valence electrons. The van der Waals surface area contributed by atoms with Gasteiger partial charge in [0.15, 0.2) is 5.82 Å². The molecule has 1 fully saturated rings. The van der Waals surface area contributed by atoms with Gasteiger partial charge in [-0.2, -0.15) is 0 Å². The number of amides is 1. The van der Waals surface area contributed by atoms with E-state index in [1.165, 1.54) is 7.11 Å². The van der Waals surface area contributed by atoms with Gasteiger partial charge >= 0.3 is 6.09 Å². The molecule has 1 N–H and O–H groups in total. The molecule has 2 rings (SSSR count). The summed E-state index contributed by atoms with van der Waals surface area (Å²) in [4.78, 5) is 21.9. The van der Waals surface area contributed by atoms with Gasteiger partial charge in [-0.05, 0) is 13.0 Å². The smallest absolute Gasteiger partial charge is 0.410 e. The third-order valence-corrected chi connectivity index (χ3v) is 2.86. The fourth-order valence-corrected chi connectivity index (χ4v) is 2.04. The third-order valence-electron chi connectivity index (χ3n) is 2.86. The lowest BCUT2D eigenvalue weighted by molar-refractivity contribution is 0.0677. The molecule has 1 aromatic rings. The molecule has 0 radical (unpaired) electrons. The van der Waals surface area contributed by atoms with E-state index < -0.39 is 0 Å². The Hall–Kier alpha value is -1.69. The van der Waals surface area contributed by atoms with Gasteiger partial charge in [-0.3, -0.25) is 4.90 Å². The summed E-state index contributed by atoms with van der Waals surface area (Å²) in [6.07, 6.45) is 3.02. The molecule has 1 saturated heterocycles. The highest BCUT2D eigenvalue weighted by Crippen LogP contribution is 2.22. The number of carbonyl (C=O) groups is 1. The maximum absolute atomic E-state index is 11.8. The molecule has 2 atom stereocenters. The number of nitrogens with zero attached hydrogens (tertiary/aromatic N) is 3. The van der Waals surface area contributed by atoms with Crippen molar-refractivity contribution in [3.05, 3.63) is 24.3 Å². The predicted molar refractivity (Wildman–Crippen MR) is 61.3 cm³/mol. The van der Waals surface area contributed by atoms with Crippen LogP contribution in [0.15, 0.2) is 18.5 Å². The molecular weight excluding hydrogens is 220 g/mol. The second-order valence-corrected chi connectivity index (χ2v) is 4.01. The standard InChI is InChI=1S/C11H16N4O2/c1-8-6-12-7-9(15(8)11(16)17-2)10-13-4-3-5-14-10/h3-5,8-9,12H,6-7H2,1-2H3. The van der Waals surface area contributed by atoms with Gasteiger partial charge in [-0.1, -0.05) is 0 Å². The van der Waals surface area contributed by atoms with Crippen molar-refractivity contribution in [1.82, 2.24) is 20.2 Å². The van der Waals surface area contributed by atoms with E-state index in [9.17, 15) is 4.79 Å². The maximum Gasteiger partial charge on any atom is 0.410 e. The first kappa shape index (κ1) is 11.8. The Morgan fingerprint density at radius 3 is 2.82 bits per heavy atom. The van der Waals surface area contributed by atoms with Crippen LogP contribution in [0.3, 0.4) is 0 Å². The number of rotatable bonds is 1. The van der Waals surface area contributed by atoms with E-state index in [4.69, 9.17) is 4.74 Å². The lowest BCUT2D eigenvalue weighted by Crippen LogP contribution is -2.54. The van der Waals surface area contributed by atoms with E-state index >= 15 is 0 Å². The maximum atomic E-state index is 11.8. The summed E-state index contributed by atoms with van der Waals surface area (Å²) in [5.41, 5.74) is 0. The lowest BCUT2D eigenvalue weighted by atomic mass is 10.1. The first-order chi connectivity index (χ1) is 8.24. The molecule has 0 bridgehead atoms. The van der Waals surface area contributed by atoms with Crippen molar-refractivity contribution < 1.29 is 9.53 Å². The van der Waals surface area contributed by atoms with Gasteiger partial charge in [0.2, 0.25) is 0 Å². The molecule has 1 aliphatic heterocycles. The van der Waals surface area contributed by atoms with Gasteiger partial charge in [-0.25, -0.2) is 14.8 Å². The summed E-state index contributed by atoms with van der Waals surface area (Å²) >= 11 is 0. The van der Waals surface area contributed by atoms with E-state index in [1.807, 2.05) is 6.92 Å². The number of aromatic nitrogens is 2. The van der Waals surface area contributed by atoms with Crippen molar-refractivity contribution in [2.24, 2.45) is 0 Å². The normalized spacial score (nSPS) is 24.5. The summed E-state index contributed by atoms with van der Waals surface area (Å²) in [6, 6.07) is 1.64. The highest BCUT2D eigenvalue weighted by atomic mass is 16.5. The van der Waals surface area contributed by atoms with E-state index in [0.29, 0.717) is 12.4 Å². The minimum atomic E-state index is -0.337. The third kappa shape index (κ3) is 2.36. The van der Waals surface area contributed by atoms with Crippen molar-refractivity contribution >= 4 is 6.09 Å². The minimum absolute atomic E-state index is 0.0602. The number of hydrogen-bond donors (Lipinski definition) is 1. The number of ether oxygens (including phenoxy) is 1. The average Bonchev–Trinajstić information content (AvgIpc) is 2.38. The average molecular weight is 236 g/mol. The van der Waals surface area contributed by atoms with Crippen LogP contribution in [0, 0.1) is 0 Å². The van der Waals surface area contributed by atoms with Crippen LogP contribution in [0.5, 0.6) is 0 Å². The SMILES string of the molecule is COC(=O)N1C(C)CNCC1c1ncccn1. The van der Waals surface area contributed by atoms with Gasteiger partial charge in [0, 0.05) is 31.5 Å². The first-order valence-corrected chi connectivity index (χ1v) is 5.58. The molecule has 0 aromatic carbocycles. The zero-order valence-electron chi connectivity index (χ0n) is 9.96. The minimum Gasteiger partial charge on any atom is -0.453 e. The fraction of sp³-hybridized carbons (Fsp3) is 0.545. The molecule has 1 aromatic heterocycles. The van der Waals surface area contributed by atoms with E-state index in [2.05, 4.69) is 15.3 Å². The van der Waals surface area contributed by atoms with Crippen molar-refractivity contribution in [2.45, 2.75) is 19.0 Å². The van der Waals surface area contributed by atoms with E-state index in [-0.39, 0.29) is 18.2 Å². The molecule has 6 heteroatoms. The van der Waals surface area contributed by atoms with Crippen LogP contribution < -0.4 is 5.32 Å². The summed E-state index contributed by atoms with van der Waals surface area (Å²) in [7, 11) is 1.39. The van der Waals surface area contributed by atoms with Gasteiger partial charge in [-0.15, -0.1) is 0 Å². The highest BCUT2D eigenvalue weighted by Gasteiger charge is 2.34. The van der Waals surface area contributed by atoms with Crippen molar-refractivity contribution in [3.8, 4) is 0 Å². The summed E-state index contributed by atoms with van der Waals surface area (Å²) in [5, 5.41) is 3.26. The molecule has 0 aliphatic carbocycles. The Balaban J connectivity index is 2.27. The molecule has 1 aliphatic rings. The summed E-state index contributed by atoms with van der Waals surface area (Å²) in [5.74, 6) is 0.636. The van der Waals surface area contributed by atoms with Crippen LogP contribution in [0.25, 0.3) is 0 Å². The summed E-state index contributed by atoms with van der Waals surface area (Å²) in [6.45, 7) is 3.36. The second kappa shape index (κ2) is 5.09. The lowest BCUT2D eigenvalue weighted by Gasteiger charge is -2.38. The first-order valence-electron chi connectivity index (χ1n) is 5.58. The Bertz CT molecular complexity index is 384.